The Kier molecular flexibility index (Phi) is 22.3. The van der Waals surface area contributed by atoms with Crippen molar-refractivity contribution in [2.24, 2.45) is 36.6 Å². The lowest BCUT2D eigenvalue weighted by molar-refractivity contribution is -0.147. The number of esters is 1. The van der Waals surface area contributed by atoms with Gasteiger partial charge in [-0.2, -0.15) is 0 Å². The molecule has 7 amide bonds. The van der Waals surface area contributed by atoms with Gasteiger partial charge in [0.1, 0.15) is 41.9 Å². The van der Waals surface area contributed by atoms with Gasteiger partial charge >= 0.3 is 12.1 Å². The molecule has 7 atom stereocenters. The fourth-order valence-corrected chi connectivity index (χ4v) is 7.38. The standard InChI is InChI=1S/C47H79N9O10/c1-26(2)22-33(40(58)51-37(28(5)6)43(61)54-39(30(9)10)45(63)65-15)49-35(57)20-16-18-31-19-17-21-56(31)44(62)38(29(7)8)53-42(60)36(27(3)4)52-41(59)34(23-32-24-48-25-55(32)14)50-46(64)66-47(11,12)13/h16,18,24-31,33-34,36-39H,17,19-23H2,1-15H3,(H,49,57)(H,50,64)(H,51,58)(H,52,59)(H,53,60)(H,54,61)/b18-16+/t31-,33-,34-,36-,37-,38-,39-/m0/s1. The Bertz CT molecular complexity index is 1850. The first-order valence-corrected chi connectivity index (χ1v) is 23.2. The summed E-state index contributed by atoms with van der Waals surface area (Å²) < 4.78 is 12.0. The highest BCUT2D eigenvalue weighted by atomic mass is 16.6. The summed E-state index contributed by atoms with van der Waals surface area (Å²) in [5, 5.41) is 16.6. The average Bonchev–Trinajstić information content (AvgIpc) is 3.85. The third-order valence-corrected chi connectivity index (χ3v) is 11.1. The minimum Gasteiger partial charge on any atom is -0.467 e. The number of hydrogen-bond acceptors (Lipinski definition) is 11. The molecule has 19 nitrogen and oxygen atoms in total. The number of nitrogens with one attached hydrogen (secondary N) is 6. The van der Waals surface area contributed by atoms with E-state index < -0.39 is 89.4 Å². The Balaban J connectivity index is 2.17. The largest absolute Gasteiger partial charge is 0.467 e. The van der Waals surface area contributed by atoms with Gasteiger partial charge in [-0.3, -0.25) is 28.8 Å². The summed E-state index contributed by atoms with van der Waals surface area (Å²) in [6.45, 7) is 23.6. The number of aryl methyl sites for hydroxylation is 1. The molecule has 1 aliphatic rings. The van der Waals surface area contributed by atoms with Crippen molar-refractivity contribution >= 4 is 47.5 Å². The molecule has 372 valence electrons. The third kappa shape index (κ3) is 18.1. The Morgan fingerprint density at radius 3 is 1.71 bits per heavy atom. The molecule has 2 heterocycles. The molecular formula is C47H79N9O10. The van der Waals surface area contributed by atoms with Crippen molar-refractivity contribution in [3.05, 3.63) is 30.4 Å². The summed E-state index contributed by atoms with van der Waals surface area (Å²) in [4.78, 5) is 113. The highest BCUT2D eigenvalue weighted by molar-refractivity contribution is 5.95. The van der Waals surface area contributed by atoms with E-state index in [1.165, 1.54) is 7.11 Å². The lowest BCUT2D eigenvalue weighted by atomic mass is 9.98. The summed E-state index contributed by atoms with van der Waals surface area (Å²) in [7, 11) is 3.00. The van der Waals surface area contributed by atoms with E-state index in [9.17, 15) is 38.4 Å². The number of likely N-dealkylation sites (tertiary alicyclic amines) is 1. The number of aromatic nitrogens is 2. The van der Waals surface area contributed by atoms with Gasteiger partial charge in [0.2, 0.25) is 35.4 Å². The van der Waals surface area contributed by atoms with Crippen molar-refractivity contribution in [1.82, 2.24) is 46.4 Å². The maximum absolute atomic E-state index is 14.2. The van der Waals surface area contributed by atoms with Crippen molar-refractivity contribution in [2.75, 3.05) is 13.7 Å². The lowest BCUT2D eigenvalue weighted by Gasteiger charge is -2.32. The van der Waals surface area contributed by atoms with E-state index >= 15 is 0 Å². The van der Waals surface area contributed by atoms with E-state index in [1.54, 1.807) is 104 Å². The SMILES string of the molecule is COC(=O)[C@@H](NC(=O)[C@@H](NC(=O)[C@H](CC(C)C)NC(=O)C/C=C/[C@H]1CCCN1C(=O)[C@@H](NC(=O)[C@@H](NC(=O)[C@H](Cc1cncn1C)NC(=O)OC(C)(C)C)C(C)C)C(C)C)C(C)C)C(C)C. The molecule has 1 aliphatic heterocycles. The Morgan fingerprint density at radius 2 is 1.24 bits per heavy atom. The first-order chi connectivity index (χ1) is 30.7. The fourth-order valence-electron chi connectivity index (χ4n) is 7.38. The van der Waals surface area contributed by atoms with Gasteiger partial charge in [-0.25, -0.2) is 14.6 Å². The molecule has 0 aliphatic carbocycles. The minimum absolute atomic E-state index is 0.0162. The topological polar surface area (TPSA) is 248 Å². The van der Waals surface area contributed by atoms with Gasteiger partial charge in [0.15, 0.2) is 0 Å². The van der Waals surface area contributed by atoms with E-state index in [2.05, 4.69) is 36.9 Å². The summed E-state index contributed by atoms with van der Waals surface area (Å²) in [6, 6.07) is -6.33. The molecule has 0 saturated carbocycles. The molecule has 1 aromatic heterocycles. The van der Waals surface area contributed by atoms with Gasteiger partial charge in [0.05, 0.1) is 19.5 Å². The second kappa shape index (κ2) is 26.0. The molecular weight excluding hydrogens is 851 g/mol. The van der Waals surface area contributed by atoms with Gasteiger partial charge in [0, 0.05) is 38.3 Å². The lowest BCUT2D eigenvalue weighted by Crippen LogP contribution is -2.60. The van der Waals surface area contributed by atoms with E-state index in [0.717, 1.165) is 0 Å². The van der Waals surface area contributed by atoms with Crippen molar-refractivity contribution in [1.29, 1.82) is 0 Å². The smallest absolute Gasteiger partial charge is 0.408 e. The second-order valence-electron chi connectivity index (χ2n) is 20.0. The zero-order chi connectivity index (χ0) is 50.2. The number of methoxy groups -OCH3 is 1. The molecule has 66 heavy (non-hydrogen) atoms. The van der Waals surface area contributed by atoms with Crippen LogP contribution in [0, 0.1) is 29.6 Å². The predicted molar refractivity (Wildman–Crippen MR) is 249 cm³/mol. The molecule has 19 heteroatoms. The fraction of sp³-hybridized carbons (Fsp3) is 0.723. The van der Waals surface area contributed by atoms with E-state index in [4.69, 9.17) is 9.47 Å². The molecule has 0 radical (unpaired) electrons. The van der Waals surface area contributed by atoms with Crippen LogP contribution in [0.4, 0.5) is 4.79 Å². The van der Waals surface area contributed by atoms with E-state index in [0.29, 0.717) is 31.5 Å². The number of amides is 7. The van der Waals surface area contributed by atoms with Gasteiger partial charge in [-0.15, -0.1) is 0 Å². The van der Waals surface area contributed by atoms with Gasteiger partial charge in [-0.05, 0) is 69.6 Å². The second-order valence-corrected chi connectivity index (χ2v) is 20.0. The third-order valence-electron chi connectivity index (χ3n) is 11.1. The molecule has 1 aromatic rings. The van der Waals surface area contributed by atoms with Gasteiger partial charge in [-0.1, -0.05) is 81.4 Å². The number of ether oxygens (including phenoxy) is 2. The van der Waals surface area contributed by atoms with Crippen LogP contribution >= 0.6 is 0 Å². The molecule has 6 N–H and O–H groups in total. The van der Waals surface area contributed by atoms with Crippen LogP contribution in [0.15, 0.2) is 24.7 Å². The van der Waals surface area contributed by atoms with Crippen LogP contribution in [0.25, 0.3) is 0 Å². The molecule has 1 fully saturated rings. The summed E-state index contributed by atoms with van der Waals surface area (Å²) in [5.74, 6) is -4.93. The normalized spacial score (nSPS) is 17.0. The van der Waals surface area contributed by atoms with Crippen molar-refractivity contribution in [3.63, 3.8) is 0 Å². The number of nitrogens with zero attached hydrogens (tertiary/aromatic N) is 3. The van der Waals surface area contributed by atoms with Crippen LogP contribution in [0.1, 0.15) is 121 Å². The van der Waals surface area contributed by atoms with Crippen LogP contribution < -0.4 is 31.9 Å². The number of hydrogen-bond donors (Lipinski definition) is 6. The zero-order valence-corrected chi connectivity index (χ0v) is 41.9. The molecule has 1 saturated heterocycles. The van der Waals surface area contributed by atoms with Crippen molar-refractivity contribution in [3.8, 4) is 0 Å². The monoisotopic (exact) mass is 930 g/mol. The van der Waals surface area contributed by atoms with Crippen LogP contribution in [0.3, 0.4) is 0 Å². The van der Waals surface area contributed by atoms with Crippen LogP contribution in [0.5, 0.6) is 0 Å². The van der Waals surface area contributed by atoms with Crippen LogP contribution in [-0.4, -0.2) is 124 Å². The molecule has 0 spiro atoms. The molecule has 2 rings (SSSR count). The number of alkyl carbamates (subject to hydrolysis) is 1. The highest BCUT2D eigenvalue weighted by Gasteiger charge is 2.38. The number of carbonyl (C=O) groups is 8. The summed E-state index contributed by atoms with van der Waals surface area (Å²) in [5.41, 5.74) is -0.159. The quantitative estimate of drug-likeness (QED) is 0.0688. The van der Waals surface area contributed by atoms with Crippen molar-refractivity contribution < 1.29 is 47.8 Å². The first kappa shape index (κ1) is 56.6. The predicted octanol–water partition coefficient (Wildman–Crippen LogP) is 3.06. The molecule has 0 unspecified atom stereocenters. The summed E-state index contributed by atoms with van der Waals surface area (Å²) in [6.07, 6.45) is 7.38. The maximum Gasteiger partial charge on any atom is 0.408 e. The molecule has 0 aromatic carbocycles. The Morgan fingerprint density at radius 1 is 0.727 bits per heavy atom. The van der Waals surface area contributed by atoms with E-state index in [-0.39, 0.29) is 48.5 Å². The van der Waals surface area contributed by atoms with Crippen molar-refractivity contribution in [2.45, 2.75) is 170 Å². The zero-order valence-electron chi connectivity index (χ0n) is 41.9. The summed E-state index contributed by atoms with van der Waals surface area (Å²) >= 11 is 0. The number of imidazole rings is 1. The maximum atomic E-state index is 14.2. The minimum atomic E-state index is -1.11. The average molecular weight is 930 g/mol. The Labute approximate surface area is 391 Å². The van der Waals surface area contributed by atoms with E-state index in [1.807, 2.05) is 27.7 Å². The molecule has 0 bridgehead atoms. The van der Waals surface area contributed by atoms with Gasteiger partial charge in [0.25, 0.3) is 0 Å². The highest BCUT2D eigenvalue weighted by Crippen LogP contribution is 2.22. The number of rotatable bonds is 23. The van der Waals surface area contributed by atoms with Crippen LogP contribution in [-0.2, 0) is 56.5 Å². The van der Waals surface area contributed by atoms with Crippen LogP contribution in [0.2, 0.25) is 0 Å². The van der Waals surface area contributed by atoms with Gasteiger partial charge < -0.3 is 50.8 Å². The Hall–Kier alpha value is -5.49. The first-order valence-electron chi connectivity index (χ1n) is 23.2. The number of carbonyl (C=O) groups excluding carboxylic acids is 8.